The Hall–Kier alpha value is -1.66. The van der Waals surface area contributed by atoms with E-state index in [4.69, 9.17) is 0 Å². The van der Waals surface area contributed by atoms with Gasteiger partial charge in [-0.2, -0.15) is 10.2 Å². The van der Waals surface area contributed by atoms with Gasteiger partial charge in [-0.1, -0.05) is 0 Å². The zero-order valence-electron chi connectivity index (χ0n) is 15.2. The summed E-state index contributed by atoms with van der Waals surface area (Å²) in [7, 11) is 1.88. The summed E-state index contributed by atoms with van der Waals surface area (Å²) < 4.78 is 3.79. The molecule has 2 aromatic rings. The lowest BCUT2D eigenvalue weighted by Crippen LogP contribution is -2.30. The molecular weight excluding hydrogens is 302 g/mol. The molecule has 2 aromatic heterocycles. The summed E-state index contributed by atoms with van der Waals surface area (Å²) in [6.07, 6.45) is 8.51. The number of hydrogen-bond acceptors (Lipinski definition) is 4. The molecule has 1 fully saturated rings. The molecule has 132 valence electrons. The fourth-order valence-electron chi connectivity index (χ4n) is 3.53. The van der Waals surface area contributed by atoms with Crippen LogP contribution in [0.25, 0.3) is 0 Å². The van der Waals surface area contributed by atoms with Crippen molar-refractivity contribution < 1.29 is 5.11 Å². The van der Waals surface area contributed by atoms with Crippen molar-refractivity contribution in [2.75, 3.05) is 6.54 Å². The van der Waals surface area contributed by atoms with Crippen LogP contribution in [-0.2, 0) is 13.6 Å². The van der Waals surface area contributed by atoms with E-state index in [-0.39, 0.29) is 0 Å². The van der Waals surface area contributed by atoms with Crippen molar-refractivity contribution in [3.63, 3.8) is 0 Å². The van der Waals surface area contributed by atoms with Crippen molar-refractivity contribution in [1.82, 2.24) is 24.5 Å². The molecule has 0 aliphatic carbocycles. The lowest BCUT2D eigenvalue weighted by molar-refractivity contribution is 0.118. The third-order valence-corrected chi connectivity index (χ3v) is 5.02. The van der Waals surface area contributed by atoms with Gasteiger partial charge in [0.1, 0.15) is 0 Å². The molecule has 3 rings (SSSR count). The molecular formula is C18H29N5O. The molecule has 0 aromatic carbocycles. The largest absolute Gasteiger partial charge is 0.388 e. The summed E-state index contributed by atoms with van der Waals surface area (Å²) in [5.41, 5.74) is 3.32. The first-order valence-corrected chi connectivity index (χ1v) is 8.89. The Morgan fingerprint density at radius 1 is 1.33 bits per heavy atom. The zero-order valence-corrected chi connectivity index (χ0v) is 15.2. The Balaban J connectivity index is 1.65. The van der Waals surface area contributed by atoms with E-state index < -0.39 is 6.10 Å². The van der Waals surface area contributed by atoms with Gasteiger partial charge in [-0.3, -0.25) is 14.3 Å². The van der Waals surface area contributed by atoms with Crippen LogP contribution in [0, 0.1) is 6.92 Å². The highest BCUT2D eigenvalue weighted by Crippen LogP contribution is 2.29. The average molecular weight is 331 g/mol. The molecule has 6 heteroatoms. The minimum absolute atomic E-state index is 0.388. The molecule has 0 saturated carbocycles. The monoisotopic (exact) mass is 331 g/mol. The second-order valence-electron chi connectivity index (χ2n) is 7.28. The summed E-state index contributed by atoms with van der Waals surface area (Å²) in [4.78, 5) is 2.49. The first-order valence-electron chi connectivity index (χ1n) is 8.89. The molecule has 1 aliphatic heterocycles. The maximum Gasteiger partial charge on any atom is 0.0835 e. The third kappa shape index (κ3) is 3.70. The normalized spacial score (nSPS) is 20.2. The fourth-order valence-corrected chi connectivity index (χ4v) is 3.53. The smallest absolute Gasteiger partial charge is 0.0835 e. The topological polar surface area (TPSA) is 59.1 Å². The van der Waals surface area contributed by atoms with Gasteiger partial charge in [0.15, 0.2) is 0 Å². The van der Waals surface area contributed by atoms with E-state index in [1.807, 2.05) is 17.9 Å². The SMILES string of the molecule is Cc1nn(C(C)C)cc1CN1CCC[C@H]1C[C@H](O)c1cnn(C)c1. The number of hydrogen-bond donors (Lipinski definition) is 1. The highest BCUT2D eigenvalue weighted by atomic mass is 16.3. The summed E-state index contributed by atoms with van der Waals surface area (Å²) in [6, 6.07) is 0.807. The van der Waals surface area contributed by atoms with Gasteiger partial charge in [0.2, 0.25) is 0 Å². The predicted molar refractivity (Wildman–Crippen MR) is 93.6 cm³/mol. The van der Waals surface area contributed by atoms with Gasteiger partial charge >= 0.3 is 0 Å². The quantitative estimate of drug-likeness (QED) is 0.884. The maximum atomic E-state index is 10.5. The van der Waals surface area contributed by atoms with E-state index >= 15 is 0 Å². The van der Waals surface area contributed by atoms with E-state index in [9.17, 15) is 5.11 Å². The Kier molecular flexibility index (Phi) is 5.06. The van der Waals surface area contributed by atoms with Crippen LogP contribution >= 0.6 is 0 Å². The average Bonchev–Trinajstić information content (AvgIpc) is 3.22. The number of aromatic nitrogens is 4. The molecule has 0 spiro atoms. The van der Waals surface area contributed by atoms with Crippen molar-refractivity contribution in [3.05, 3.63) is 35.4 Å². The van der Waals surface area contributed by atoms with Gasteiger partial charge in [0.25, 0.3) is 0 Å². The predicted octanol–water partition coefficient (Wildman–Crippen LogP) is 2.59. The van der Waals surface area contributed by atoms with Crippen LogP contribution in [0.5, 0.6) is 0 Å². The Morgan fingerprint density at radius 3 is 2.75 bits per heavy atom. The Morgan fingerprint density at radius 2 is 2.12 bits per heavy atom. The molecule has 0 amide bonds. The zero-order chi connectivity index (χ0) is 17.3. The molecule has 1 N–H and O–H groups in total. The number of nitrogens with zero attached hydrogens (tertiary/aromatic N) is 5. The number of aryl methyl sites for hydroxylation is 2. The van der Waals surface area contributed by atoms with E-state index in [2.05, 4.69) is 42.1 Å². The molecule has 0 bridgehead atoms. The van der Waals surface area contributed by atoms with Crippen molar-refractivity contribution in [3.8, 4) is 0 Å². The minimum Gasteiger partial charge on any atom is -0.388 e. The standard InChI is InChI=1S/C18H29N5O/c1-13(2)23-12-16(14(3)20-23)11-22-7-5-6-17(22)8-18(24)15-9-19-21(4)10-15/h9-10,12-13,17-18,24H,5-8,11H2,1-4H3/t17-,18-/m0/s1. The summed E-state index contributed by atoms with van der Waals surface area (Å²) in [5.74, 6) is 0. The number of aliphatic hydroxyl groups is 1. The van der Waals surface area contributed by atoms with E-state index in [0.29, 0.717) is 12.1 Å². The van der Waals surface area contributed by atoms with Gasteiger partial charge in [-0.15, -0.1) is 0 Å². The van der Waals surface area contributed by atoms with Crippen LogP contribution in [0.2, 0.25) is 0 Å². The van der Waals surface area contributed by atoms with Crippen molar-refractivity contribution in [1.29, 1.82) is 0 Å². The second kappa shape index (κ2) is 7.07. The third-order valence-electron chi connectivity index (χ3n) is 5.02. The Labute approximate surface area is 144 Å². The van der Waals surface area contributed by atoms with Crippen LogP contribution in [0.4, 0.5) is 0 Å². The van der Waals surface area contributed by atoms with Crippen molar-refractivity contribution in [2.45, 2.75) is 64.8 Å². The summed E-state index contributed by atoms with van der Waals surface area (Å²) >= 11 is 0. The maximum absolute atomic E-state index is 10.5. The lowest BCUT2D eigenvalue weighted by atomic mass is 10.0. The molecule has 6 nitrogen and oxygen atoms in total. The van der Waals surface area contributed by atoms with E-state index in [1.165, 1.54) is 12.0 Å². The van der Waals surface area contributed by atoms with Crippen LogP contribution in [0.1, 0.15) is 62.1 Å². The van der Waals surface area contributed by atoms with Crippen LogP contribution in [-0.4, -0.2) is 42.2 Å². The van der Waals surface area contributed by atoms with Crippen LogP contribution < -0.4 is 0 Å². The number of likely N-dealkylation sites (tertiary alicyclic amines) is 1. The van der Waals surface area contributed by atoms with Gasteiger partial charge in [0, 0.05) is 49.2 Å². The number of aliphatic hydroxyl groups excluding tert-OH is 1. The first kappa shape index (κ1) is 17.2. The van der Waals surface area contributed by atoms with Crippen LogP contribution in [0.3, 0.4) is 0 Å². The molecule has 0 unspecified atom stereocenters. The second-order valence-corrected chi connectivity index (χ2v) is 7.28. The lowest BCUT2D eigenvalue weighted by Gasteiger charge is -2.26. The summed E-state index contributed by atoms with van der Waals surface area (Å²) in [5, 5.41) is 19.3. The summed E-state index contributed by atoms with van der Waals surface area (Å²) in [6.45, 7) is 8.40. The molecule has 1 aliphatic rings. The molecule has 1 saturated heterocycles. The fraction of sp³-hybridized carbons (Fsp3) is 0.667. The molecule has 2 atom stereocenters. The molecule has 0 radical (unpaired) electrons. The Bertz CT molecular complexity index is 675. The molecule has 3 heterocycles. The highest BCUT2D eigenvalue weighted by Gasteiger charge is 2.28. The highest BCUT2D eigenvalue weighted by molar-refractivity contribution is 5.16. The van der Waals surface area contributed by atoms with Gasteiger partial charge in [-0.25, -0.2) is 0 Å². The molecule has 24 heavy (non-hydrogen) atoms. The van der Waals surface area contributed by atoms with Crippen molar-refractivity contribution >= 4 is 0 Å². The number of rotatable bonds is 6. The first-order chi connectivity index (χ1) is 11.4. The van der Waals surface area contributed by atoms with E-state index in [0.717, 1.165) is 37.2 Å². The van der Waals surface area contributed by atoms with Gasteiger partial charge in [0.05, 0.1) is 18.0 Å². The van der Waals surface area contributed by atoms with Gasteiger partial charge < -0.3 is 5.11 Å². The van der Waals surface area contributed by atoms with Gasteiger partial charge in [-0.05, 0) is 46.6 Å². The van der Waals surface area contributed by atoms with E-state index in [1.54, 1.807) is 10.9 Å². The van der Waals surface area contributed by atoms with Crippen LogP contribution in [0.15, 0.2) is 18.6 Å². The van der Waals surface area contributed by atoms with Crippen molar-refractivity contribution in [2.24, 2.45) is 7.05 Å². The minimum atomic E-state index is -0.441.